The van der Waals surface area contributed by atoms with Gasteiger partial charge in [-0.3, -0.25) is 14.2 Å². The van der Waals surface area contributed by atoms with Gasteiger partial charge >= 0.3 is 5.97 Å². The molecule has 0 saturated heterocycles. The maximum atomic E-state index is 12.9. The van der Waals surface area contributed by atoms with E-state index in [0.717, 1.165) is 25.7 Å². The highest BCUT2D eigenvalue weighted by Crippen LogP contribution is 2.33. The van der Waals surface area contributed by atoms with Crippen LogP contribution in [0.25, 0.3) is 10.9 Å². The highest BCUT2D eigenvalue weighted by Gasteiger charge is 2.26. The number of para-hydroxylation sites is 1. The maximum Gasteiger partial charge on any atom is 0.325 e. The van der Waals surface area contributed by atoms with Crippen LogP contribution in [0.3, 0.4) is 0 Å². The molecule has 0 unspecified atom stereocenters. The molecule has 0 spiro atoms. The lowest BCUT2D eigenvalue weighted by atomic mass is 10.1. The van der Waals surface area contributed by atoms with Gasteiger partial charge in [0.15, 0.2) is 11.6 Å². The Hall–Kier alpha value is -3.03. The van der Waals surface area contributed by atoms with Crippen LogP contribution in [0.4, 0.5) is 0 Å². The first-order chi connectivity index (χ1) is 13.0. The normalized spacial score (nSPS) is 16.0. The predicted molar refractivity (Wildman–Crippen MR) is 98.7 cm³/mol. The Labute approximate surface area is 155 Å². The molecule has 1 aliphatic carbocycles. The number of rotatable bonds is 5. The molecule has 1 fully saturated rings. The maximum absolute atomic E-state index is 12.9. The molecule has 0 amide bonds. The minimum absolute atomic E-state index is 0.180. The molecule has 2 aromatic heterocycles. The summed E-state index contributed by atoms with van der Waals surface area (Å²) < 4.78 is 2.89. The third-order valence-corrected chi connectivity index (χ3v) is 5.20. The first kappa shape index (κ1) is 17.4. The fourth-order valence-electron chi connectivity index (χ4n) is 3.77. The van der Waals surface area contributed by atoms with Gasteiger partial charge in [0.05, 0.1) is 23.3 Å². The summed E-state index contributed by atoms with van der Waals surface area (Å²) in [5.74, 6) is 0.420. The van der Waals surface area contributed by atoms with Crippen molar-refractivity contribution < 1.29 is 9.90 Å². The second-order valence-corrected chi connectivity index (χ2v) is 7.01. The Bertz CT molecular complexity index is 1050. The minimum Gasteiger partial charge on any atom is -0.480 e. The summed E-state index contributed by atoms with van der Waals surface area (Å²) in [4.78, 5) is 33.2. The molecule has 4 rings (SSSR count). The molecule has 1 aromatic carbocycles. The highest BCUT2D eigenvalue weighted by molar-refractivity contribution is 5.76. The summed E-state index contributed by atoms with van der Waals surface area (Å²) in [6, 6.07) is 6.68. The molecule has 2 heterocycles. The van der Waals surface area contributed by atoms with Crippen molar-refractivity contribution in [3.8, 4) is 0 Å². The molecule has 1 aliphatic rings. The number of benzene rings is 1. The van der Waals surface area contributed by atoms with Gasteiger partial charge in [-0.25, -0.2) is 14.6 Å². The number of carboxylic acids is 1. The van der Waals surface area contributed by atoms with Gasteiger partial charge in [0.2, 0.25) is 0 Å². The van der Waals surface area contributed by atoms with E-state index < -0.39 is 12.0 Å². The van der Waals surface area contributed by atoms with Crippen LogP contribution in [-0.4, -0.2) is 35.4 Å². The molecule has 8 nitrogen and oxygen atoms in total. The number of hydrogen-bond acceptors (Lipinski definition) is 5. The Morgan fingerprint density at radius 3 is 2.78 bits per heavy atom. The van der Waals surface area contributed by atoms with E-state index in [9.17, 15) is 14.7 Å². The lowest BCUT2D eigenvalue weighted by Gasteiger charge is -2.15. The average molecular weight is 367 g/mol. The van der Waals surface area contributed by atoms with Crippen molar-refractivity contribution in [2.24, 2.45) is 0 Å². The average Bonchev–Trinajstić information content (AvgIpc) is 3.31. The van der Waals surface area contributed by atoms with E-state index in [-0.39, 0.29) is 18.0 Å². The SMILES string of the molecule is C[C@@H](c1nc(C2CCCC2)nn1CC(=O)O)n1cnc2ccccc2c1=O. The standard InChI is InChI=1S/C19H21N5O3/c1-12(23-11-20-15-9-5-4-8-14(15)19(23)27)18-21-17(13-6-2-3-7-13)22-24(18)10-16(25)26/h4-5,8-9,11-13H,2-3,6-7,10H2,1H3,(H,25,26)/t12-/m0/s1. The van der Waals surface area contributed by atoms with Crippen LogP contribution in [0.2, 0.25) is 0 Å². The Morgan fingerprint density at radius 2 is 2.04 bits per heavy atom. The van der Waals surface area contributed by atoms with Crippen molar-refractivity contribution in [2.75, 3.05) is 0 Å². The number of fused-ring (bicyclic) bond motifs is 1. The smallest absolute Gasteiger partial charge is 0.325 e. The largest absolute Gasteiger partial charge is 0.480 e. The molecule has 3 aromatic rings. The highest BCUT2D eigenvalue weighted by atomic mass is 16.4. The third kappa shape index (κ3) is 3.22. The van der Waals surface area contributed by atoms with Crippen molar-refractivity contribution in [2.45, 2.75) is 51.1 Å². The molecule has 1 saturated carbocycles. The zero-order valence-electron chi connectivity index (χ0n) is 15.1. The number of hydrogen-bond donors (Lipinski definition) is 1. The summed E-state index contributed by atoms with van der Waals surface area (Å²) in [6.45, 7) is 1.54. The number of aliphatic carboxylic acids is 1. The van der Waals surface area contributed by atoms with Crippen molar-refractivity contribution in [1.82, 2.24) is 24.3 Å². The van der Waals surface area contributed by atoms with E-state index in [2.05, 4.69) is 15.1 Å². The van der Waals surface area contributed by atoms with Crippen LogP contribution < -0.4 is 5.56 Å². The third-order valence-electron chi connectivity index (χ3n) is 5.20. The summed E-state index contributed by atoms with van der Waals surface area (Å²) in [7, 11) is 0. The summed E-state index contributed by atoms with van der Waals surface area (Å²) >= 11 is 0. The zero-order chi connectivity index (χ0) is 19.0. The quantitative estimate of drug-likeness (QED) is 0.742. The van der Waals surface area contributed by atoms with Gasteiger partial charge < -0.3 is 5.11 Å². The van der Waals surface area contributed by atoms with Crippen molar-refractivity contribution >= 4 is 16.9 Å². The van der Waals surface area contributed by atoms with E-state index in [0.29, 0.717) is 22.6 Å². The second kappa shape index (κ2) is 6.94. The molecule has 8 heteroatoms. The van der Waals surface area contributed by atoms with Crippen LogP contribution in [0, 0.1) is 0 Å². The number of aromatic nitrogens is 5. The fraction of sp³-hybridized carbons (Fsp3) is 0.421. The van der Waals surface area contributed by atoms with E-state index in [1.54, 1.807) is 18.2 Å². The first-order valence-corrected chi connectivity index (χ1v) is 9.17. The number of carbonyl (C=O) groups is 1. The zero-order valence-corrected chi connectivity index (χ0v) is 15.1. The van der Waals surface area contributed by atoms with Crippen molar-refractivity contribution in [1.29, 1.82) is 0 Å². The number of carboxylic acid groups (broad SMARTS) is 1. The lowest BCUT2D eigenvalue weighted by molar-refractivity contribution is -0.137. The van der Waals surface area contributed by atoms with Gasteiger partial charge in [-0.1, -0.05) is 25.0 Å². The van der Waals surface area contributed by atoms with E-state index in [4.69, 9.17) is 0 Å². The molecule has 0 aliphatic heterocycles. The van der Waals surface area contributed by atoms with Gasteiger partial charge in [0.25, 0.3) is 5.56 Å². The fourth-order valence-corrected chi connectivity index (χ4v) is 3.77. The first-order valence-electron chi connectivity index (χ1n) is 9.17. The molecular weight excluding hydrogens is 346 g/mol. The van der Waals surface area contributed by atoms with Gasteiger partial charge in [-0.15, -0.1) is 0 Å². The van der Waals surface area contributed by atoms with E-state index >= 15 is 0 Å². The van der Waals surface area contributed by atoms with Crippen molar-refractivity contribution in [3.05, 3.63) is 52.6 Å². The van der Waals surface area contributed by atoms with Gasteiger partial charge in [-0.05, 0) is 31.9 Å². The summed E-state index contributed by atoms with van der Waals surface area (Å²) in [5.41, 5.74) is 0.449. The van der Waals surface area contributed by atoms with Gasteiger partial charge in [0.1, 0.15) is 6.54 Å². The molecule has 0 radical (unpaired) electrons. The van der Waals surface area contributed by atoms with Crippen LogP contribution >= 0.6 is 0 Å². The van der Waals surface area contributed by atoms with E-state index in [1.165, 1.54) is 15.6 Å². The van der Waals surface area contributed by atoms with Crippen LogP contribution in [-0.2, 0) is 11.3 Å². The lowest BCUT2D eigenvalue weighted by Crippen LogP contribution is -2.27. The summed E-state index contributed by atoms with van der Waals surface area (Å²) in [5, 5.41) is 14.2. The monoisotopic (exact) mass is 367 g/mol. The van der Waals surface area contributed by atoms with Crippen LogP contribution in [0.5, 0.6) is 0 Å². The predicted octanol–water partition coefficient (Wildman–Crippen LogP) is 2.34. The molecule has 140 valence electrons. The van der Waals surface area contributed by atoms with Crippen molar-refractivity contribution in [3.63, 3.8) is 0 Å². The molecule has 1 atom stereocenters. The minimum atomic E-state index is -0.990. The van der Waals surface area contributed by atoms with Gasteiger partial charge in [0, 0.05) is 5.92 Å². The topological polar surface area (TPSA) is 103 Å². The van der Waals surface area contributed by atoms with Crippen LogP contribution in [0.15, 0.2) is 35.4 Å². The Balaban J connectivity index is 1.78. The molecular formula is C19H21N5O3. The Morgan fingerprint density at radius 1 is 1.30 bits per heavy atom. The summed E-state index contributed by atoms with van der Waals surface area (Å²) in [6.07, 6.45) is 5.79. The van der Waals surface area contributed by atoms with Gasteiger partial charge in [-0.2, -0.15) is 5.10 Å². The Kier molecular flexibility index (Phi) is 4.47. The molecule has 27 heavy (non-hydrogen) atoms. The van der Waals surface area contributed by atoms with E-state index in [1.807, 2.05) is 13.0 Å². The number of nitrogens with zero attached hydrogens (tertiary/aromatic N) is 5. The molecule has 1 N–H and O–H groups in total. The molecule has 0 bridgehead atoms. The van der Waals surface area contributed by atoms with Crippen LogP contribution in [0.1, 0.15) is 56.2 Å². The second-order valence-electron chi connectivity index (χ2n) is 7.01.